The Balaban J connectivity index is 1.30. The van der Waals surface area contributed by atoms with Gasteiger partial charge in [0.05, 0.1) is 17.3 Å². The first-order valence-electron chi connectivity index (χ1n) is 12.6. The Morgan fingerprint density at radius 1 is 1.14 bits per heavy atom. The second-order valence-electron chi connectivity index (χ2n) is 9.88. The van der Waals surface area contributed by atoms with Crippen molar-refractivity contribution in [2.24, 2.45) is 5.92 Å². The molecule has 182 valence electrons. The number of carbonyl (C=O) groups is 1. The Labute approximate surface area is 209 Å². The molecule has 6 rings (SSSR count). The lowest BCUT2D eigenvalue weighted by Crippen LogP contribution is -2.37. The second-order valence-corrected chi connectivity index (χ2v) is 9.88. The standard InChI is InChI=1S/C29H29N5O2/c1-19-15-26-30-17-24-16-25(21-5-3-2-4-6-21)27(31-28(24)34(26)32-19)22-9-7-20(8-10-22)18-33-13-11-23(12-14-33)29(35)36/h2-9,15-17,22-23H,10-14,18H2,1H3,(H,35,36). The van der Waals surface area contributed by atoms with Crippen LogP contribution in [0.3, 0.4) is 0 Å². The normalized spacial score (nSPS) is 19.1. The summed E-state index contributed by atoms with van der Waals surface area (Å²) in [6, 6.07) is 14.6. The molecule has 1 aliphatic heterocycles. The number of nitrogens with zero attached hydrogens (tertiary/aromatic N) is 5. The number of aromatic nitrogens is 4. The van der Waals surface area contributed by atoms with Crippen LogP contribution in [-0.4, -0.2) is 55.2 Å². The first-order chi connectivity index (χ1) is 17.5. The van der Waals surface area contributed by atoms with E-state index in [1.54, 1.807) is 0 Å². The highest BCUT2D eigenvalue weighted by molar-refractivity contribution is 5.84. The molecule has 7 nitrogen and oxygen atoms in total. The van der Waals surface area contributed by atoms with Crippen LogP contribution in [0.15, 0.2) is 72.5 Å². The molecular weight excluding hydrogens is 450 g/mol. The molecule has 0 saturated carbocycles. The third kappa shape index (κ3) is 4.31. The monoisotopic (exact) mass is 479 g/mol. The van der Waals surface area contributed by atoms with E-state index in [0.29, 0.717) is 0 Å². The first-order valence-corrected chi connectivity index (χ1v) is 12.6. The Morgan fingerprint density at radius 3 is 2.67 bits per heavy atom. The topological polar surface area (TPSA) is 83.6 Å². The summed E-state index contributed by atoms with van der Waals surface area (Å²) in [7, 11) is 0. The third-order valence-electron chi connectivity index (χ3n) is 7.37. The molecule has 7 heteroatoms. The van der Waals surface area contributed by atoms with Crippen LogP contribution in [0.4, 0.5) is 0 Å². The lowest BCUT2D eigenvalue weighted by molar-refractivity contribution is -0.143. The number of piperidine rings is 1. The van der Waals surface area contributed by atoms with E-state index >= 15 is 0 Å². The van der Waals surface area contributed by atoms with Crippen molar-refractivity contribution in [1.82, 2.24) is 24.5 Å². The van der Waals surface area contributed by atoms with Crippen LogP contribution in [0.1, 0.15) is 36.6 Å². The molecule has 1 aliphatic carbocycles. The Bertz CT molecular complexity index is 1500. The molecule has 1 fully saturated rings. The highest BCUT2D eigenvalue weighted by Crippen LogP contribution is 2.35. The van der Waals surface area contributed by atoms with Gasteiger partial charge in [-0.1, -0.05) is 48.6 Å². The molecule has 3 aromatic heterocycles. The number of pyridine rings is 1. The fourth-order valence-electron chi connectivity index (χ4n) is 5.38. The maximum Gasteiger partial charge on any atom is 0.306 e. The predicted octanol–water partition coefficient (Wildman–Crippen LogP) is 5.02. The molecule has 0 spiro atoms. The van der Waals surface area contributed by atoms with E-state index in [2.05, 4.69) is 63.5 Å². The van der Waals surface area contributed by atoms with Gasteiger partial charge >= 0.3 is 5.97 Å². The van der Waals surface area contributed by atoms with E-state index in [9.17, 15) is 9.90 Å². The van der Waals surface area contributed by atoms with Gasteiger partial charge < -0.3 is 5.11 Å². The van der Waals surface area contributed by atoms with Crippen molar-refractivity contribution < 1.29 is 9.90 Å². The van der Waals surface area contributed by atoms with E-state index in [-0.39, 0.29) is 11.8 Å². The molecule has 1 saturated heterocycles. The minimum Gasteiger partial charge on any atom is -0.481 e. The van der Waals surface area contributed by atoms with Gasteiger partial charge in [-0.05, 0) is 56.5 Å². The summed E-state index contributed by atoms with van der Waals surface area (Å²) in [5.74, 6) is -0.701. The molecule has 1 N–H and O–H groups in total. The van der Waals surface area contributed by atoms with Gasteiger partial charge in [-0.25, -0.2) is 9.97 Å². The number of fused-ring (bicyclic) bond motifs is 3. The SMILES string of the molecule is Cc1cc2ncc3cc(-c4ccccc4)c(C4C=CC(CN5CCC(C(=O)O)CC5)=CC4)nc3n2n1. The zero-order valence-corrected chi connectivity index (χ0v) is 20.3. The van der Waals surface area contributed by atoms with Gasteiger partial charge in [0, 0.05) is 35.7 Å². The Kier molecular flexibility index (Phi) is 5.85. The largest absolute Gasteiger partial charge is 0.481 e. The van der Waals surface area contributed by atoms with Crippen LogP contribution < -0.4 is 0 Å². The van der Waals surface area contributed by atoms with Crippen molar-refractivity contribution in [2.45, 2.75) is 32.1 Å². The Hall–Kier alpha value is -3.84. The zero-order chi connectivity index (χ0) is 24.6. The number of aryl methyl sites for hydroxylation is 1. The molecule has 0 bridgehead atoms. The fourth-order valence-corrected chi connectivity index (χ4v) is 5.38. The minimum atomic E-state index is -0.662. The number of carboxylic acid groups (broad SMARTS) is 1. The van der Waals surface area contributed by atoms with Crippen molar-refractivity contribution in [3.63, 3.8) is 0 Å². The number of rotatable bonds is 5. The van der Waals surface area contributed by atoms with Gasteiger partial charge in [-0.3, -0.25) is 9.69 Å². The van der Waals surface area contributed by atoms with Gasteiger partial charge in [0.15, 0.2) is 11.3 Å². The zero-order valence-electron chi connectivity index (χ0n) is 20.3. The predicted molar refractivity (Wildman–Crippen MR) is 140 cm³/mol. The minimum absolute atomic E-state index is 0.158. The highest BCUT2D eigenvalue weighted by Gasteiger charge is 2.25. The van der Waals surface area contributed by atoms with E-state index < -0.39 is 5.97 Å². The number of carboxylic acids is 1. The summed E-state index contributed by atoms with van der Waals surface area (Å²) in [4.78, 5) is 23.4. The number of likely N-dealkylation sites (tertiary alicyclic amines) is 1. The molecule has 1 unspecified atom stereocenters. The van der Waals surface area contributed by atoms with Crippen molar-refractivity contribution in [3.05, 3.63) is 83.9 Å². The summed E-state index contributed by atoms with van der Waals surface area (Å²) in [6.07, 6.45) is 11.0. The third-order valence-corrected chi connectivity index (χ3v) is 7.37. The van der Waals surface area contributed by atoms with Crippen LogP contribution in [0.2, 0.25) is 0 Å². The summed E-state index contributed by atoms with van der Waals surface area (Å²) >= 11 is 0. The maximum absolute atomic E-state index is 11.3. The molecule has 0 amide bonds. The molecule has 1 aromatic carbocycles. The molecular formula is C29H29N5O2. The molecule has 4 aromatic rings. The summed E-state index contributed by atoms with van der Waals surface area (Å²) < 4.78 is 1.84. The molecule has 36 heavy (non-hydrogen) atoms. The number of allylic oxidation sites excluding steroid dienone is 2. The van der Waals surface area contributed by atoms with E-state index in [4.69, 9.17) is 4.98 Å². The van der Waals surface area contributed by atoms with Gasteiger partial charge in [0.2, 0.25) is 0 Å². The van der Waals surface area contributed by atoms with Gasteiger partial charge in [-0.2, -0.15) is 9.61 Å². The average molecular weight is 480 g/mol. The van der Waals surface area contributed by atoms with Crippen LogP contribution in [0.25, 0.3) is 27.8 Å². The number of benzene rings is 1. The lowest BCUT2D eigenvalue weighted by atomic mass is 9.88. The average Bonchev–Trinajstić information content (AvgIpc) is 3.30. The lowest BCUT2D eigenvalue weighted by Gasteiger charge is -2.31. The first kappa shape index (κ1) is 22.6. The van der Waals surface area contributed by atoms with E-state index in [1.807, 2.05) is 29.8 Å². The van der Waals surface area contributed by atoms with Crippen molar-refractivity contribution >= 4 is 22.6 Å². The van der Waals surface area contributed by atoms with Crippen LogP contribution >= 0.6 is 0 Å². The van der Waals surface area contributed by atoms with Crippen LogP contribution in [-0.2, 0) is 4.79 Å². The quantitative estimate of drug-likeness (QED) is 0.433. The number of hydrogen-bond donors (Lipinski definition) is 1. The van der Waals surface area contributed by atoms with E-state index in [0.717, 1.165) is 78.1 Å². The molecule has 2 aliphatic rings. The summed E-state index contributed by atoms with van der Waals surface area (Å²) in [5, 5.41) is 14.9. The summed E-state index contributed by atoms with van der Waals surface area (Å²) in [5.41, 5.74) is 7.15. The second kappa shape index (κ2) is 9.32. The van der Waals surface area contributed by atoms with Gasteiger partial charge in [0.1, 0.15) is 0 Å². The smallest absolute Gasteiger partial charge is 0.306 e. The van der Waals surface area contributed by atoms with E-state index in [1.165, 1.54) is 5.57 Å². The van der Waals surface area contributed by atoms with Crippen molar-refractivity contribution in [1.29, 1.82) is 0 Å². The number of aliphatic carboxylic acids is 1. The molecule has 1 atom stereocenters. The van der Waals surface area contributed by atoms with Crippen LogP contribution in [0.5, 0.6) is 0 Å². The van der Waals surface area contributed by atoms with Gasteiger partial charge in [-0.15, -0.1) is 0 Å². The van der Waals surface area contributed by atoms with Gasteiger partial charge in [0.25, 0.3) is 0 Å². The van der Waals surface area contributed by atoms with Crippen molar-refractivity contribution in [3.8, 4) is 11.1 Å². The van der Waals surface area contributed by atoms with Crippen molar-refractivity contribution in [2.75, 3.05) is 19.6 Å². The highest BCUT2D eigenvalue weighted by atomic mass is 16.4. The maximum atomic E-state index is 11.3. The fraction of sp³-hybridized carbons (Fsp3) is 0.310. The number of hydrogen-bond acceptors (Lipinski definition) is 5. The summed E-state index contributed by atoms with van der Waals surface area (Å²) in [6.45, 7) is 4.51. The van der Waals surface area contributed by atoms with Crippen LogP contribution in [0, 0.1) is 12.8 Å². The Morgan fingerprint density at radius 2 is 1.94 bits per heavy atom. The molecule has 0 radical (unpaired) electrons. The molecule has 4 heterocycles.